The second kappa shape index (κ2) is 11.2. The van der Waals surface area contributed by atoms with Crippen LogP contribution in [0, 0.1) is 0 Å². The molecular weight excluding hydrogens is 639 g/mol. The molecule has 0 spiro atoms. The molecule has 1 aliphatic rings. The van der Waals surface area contributed by atoms with Crippen molar-refractivity contribution in [3.8, 4) is 31.3 Å². The maximum atomic E-state index is 2.45. The average molecular weight is 666 g/mol. The van der Waals surface area contributed by atoms with Crippen molar-refractivity contribution in [3.05, 3.63) is 163 Å². The van der Waals surface area contributed by atoms with Gasteiger partial charge in [-0.05, 0) is 121 Å². The second-order valence-corrected chi connectivity index (χ2v) is 15.2. The molecule has 0 saturated carbocycles. The molecule has 1 aliphatic heterocycles. The summed E-state index contributed by atoms with van der Waals surface area (Å²) < 4.78 is 0. The number of rotatable bonds is 4. The molecule has 3 heterocycles. The van der Waals surface area contributed by atoms with Gasteiger partial charge < -0.3 is 4.90 Å². The summed E-state index contributed by atoms with van der Waals surface area (Å²) in [6.45, 7) is 0. The fraction of sp³-hybridized carbons (Fsp3) is 0. The zero-order valence-corrected chi connectivity index (χ0v) is 28.2. The molecule has 0 unspecified atom stereocenters. The van der Waals surface area contributed by atoms with Gasteiger partial charge in [-0.25, -0.2) is 0 Å². The van der Waals surface area contributed by atoms with Gasteiger partial charge in [0.2, 0.25) is 0 Å². The molecule has 0 fully saturated rings. The Morgan fingerprint density at radius 3 is 1.62 bits per heavy atom. The van der Waals surface area contributed by atoms with Gasteiger partial charge in [0, 0.05) is 30.1 Å². The van der Waals surface area contributed by atoms with Crippen LogP contribution in [0.2, 0.25) is 0 Å². The zero-order valence-electron chi connectivity index (χ0n) is 25.8. The average Bonchev–Trinajstić information content (AvgIpc) is 3.87. The van der Waals surface area contributed by atoms with Crippen LogP contribution in [0.1, 0.15) is 0 Å². The lowest BCUT2D eigenvalue weighted by Gasteiger charge is -2.33. The maximum Gasteiger partial charge on any atom is 0.0601 e. The molecule has 4 heteroatoms. The van der Waals surface area contributed by atoms with E-state index >= 15 is 0 Å². The molecule has 7 aromatic carbocycles. The fourth-order valence-corrected chi connectivity index (χ4v) is 10.0. The molecule has 48 heavy (non-hydrogen) atoms. The number of nitrogens with zero attached hydrogens (tertiary/aromatic N) is 1. The molecule has 226 valence electrons. The van der Waals surface area contributed by atoms with E-state index < -0.39 is 0 Å². The molecule has 0 bridgehead atoms. The highest BCUT2D eigenvalue weighted by molar-refractivity contribution is 7.99. The van der Waals surface area contributed by atoms with Crippen LogP contribution in [0.25, 0.3) is 63.6 Å². The highest BCUT2D eigenvalue weighted by Crippen LogP contribution is 2.52. The zero-order chi connectivity index (χ0) is 31.6. The largest absolute Gasteiger partial charge is 0.308 e. The van der Waals surface area contributed by atoms with Crippen LogP contribution in [0.5, 0.6) is 0 Å². The molecule has 2 aromatic heterocycles. The van der Waals surface area contributed by atoms with Crippen molar-refractivity contribution in [2.24, 2.45) is 0 Å². The van der Waals surface area contributed by atoms with E-state index in [9.17, 15) is 0 Å². The van der Waals surface area contributed by atoms with E-state index in [1.54, 1.807) is 11.3 Å². The van der Waals surface area contributed by atoms with Gasteiger partial charge in [0.1, 0.15) is 0 Å². The van der Waals surface area contributed by atoms with Gasteiger partial charge in [0.25, 0.3) is 0 Å². The first-order valence-electron chi connectivity index (χ1n) is 16.1. The summed E-state index contributed by atoms with van der Waals surface area (Å²) in [5.74, 6) is 0. The van der Waals surface area contributed by atoms with E-state index in [1.165, 1.54) is 84.8 Å². The SMILES string of the molecule is c1csc(-c2ccc(-c3cc(-c4ccc5c6ccccc6c6ccccc6c5c4)cc(N4c5ccccc5Sc5ccccc54)c3)s2)c1. The summed E-state index contributed by atoms with van der Waals surface area (Å²) in [7, 11) is 0. The molecular formula is C44H27NS3. The minimum absolute atomic E-state index is 1.16. The van der Waals surface area contributed by atoms with Crippen molar-refractivity contribution in [3.63, 3.8) is 0 Å². The summed E-state index contributed by atoms with van der Waals surface area (Å²) >= 11 is 5.51. The minimum atomic E-state index is 1.16. The molecule has 0 N–H and O–H groups in total. The normalized spacial score (nSPS) is 12.5. The van der Waals surface area contributed by atoms with Crippen LogP contribution in [0.4, 0.5) is 17.1 Å². The van der Waals surface area contributed by atoms with E-state index in [-0.39, 0.29) is 0 Å². The maximum absolute atomic E-state index is 2.45. The lowest BCUT2D eigenvalue weighted by molar-refractivity contribution is 1.17. The van der Waals surface area contributed by atoms with Crippen LogP contribution in [-0.4, -0.2) is 0 Å². The summed E-state index contributed by atoms with van der Waals surface area (Å²) in [4.78, 5) is 8.87. The third-order valence-corrected chi connectivity index (χ3v) is 12.7. The van der Waals surface area contributed by atoms with Gasteiger partial charge in [-0.2, -0.15) is 0 Å². The molecule has 0 amide bonds. The predicted molar refractivity (Wildman–Crippen MR) is 210 cm³/mol. The number of para-hydroxylation sites is 2. The van der Waals surface area contributed by atoms with Crippen molar-refractivity contribution in [2.45, 2.75) is 9.79 Å². The van der Waals surface area contributed by atoms with Crippen LogP contribution in [-0.2, 0) is 0 Å². The third-order valence-electron chi connectivity index (χ3n) is 9.34. The first-order valence-corrected chi connectivity index (χ1v) is 18.6. The van der Waals surface area contributed by atoms with Gasteiger partial charge in [-0.15, -0.1) is 22.7 Å². The van der Waals surface area contributed by atoms with Crippen molar-refractivity contribution in [1.82, 2.24) is 0 Å². The minimum Gasteiger partial charge on any atom is -0.308 e. The fourth-order valence-electron chi connectivity index (χ4n) is 7.16. The van der Waals surface area contributed by atoms with Crippen molar-refractivity contribution >= 4 is 83.8 Å². The third kappa shape index (κ3) is 4.52. The quantitative estimate of drug-likeness (QED) is 0.172. The summed E-state index contributed by atoms with van der Waals surface area (Å²) in [6, 6.07) is 58.3. The number of thiophene rings is 2. The van der Waals surface area contributed by atoms with Crippen LogP contribution >= 0.6 is 34.4 Å². The molecule has 0 atom stereocenters. The summed E-state index contributed by atoms with van der Waals surface area (Å²) in [5, 5.41) is 9.92. The highest BCUT2D eigenvalue weighted by atomic mass is 32.2. The molecule has 0 saturated heterocycles. The van der Waals surface area contributed by atoms with Crippen LogP contribution in [0.15, 0.2) is 173 Å². The van der Waals surface area contributed by atoms with Crippen molar-refractivity contribution < 1.29 is 0 Å². The van der Waals surface area contributed by atoms with Crippen molar-refractivity contribution in [2.75, 3.05) is 4.90 Å². The topological polar surface area (TPSA) is 3.24 Å². The Bertz CT molecular complexity index is 2590. The number of fused-ring (bicyclic) bond motifs is 8. The number of hydrogen-bond acceptors (Lipinski definition) is 4. The molecule has 9 aromatic rings. The monoisotopic (exact) mass is 665 g/mol. The van der Waals surface area contributed by atoms with Gasteiger partial charge in [-0.3, -0.25) is 0 Å². The Kier molecular flexibility index (Phi) is 6.54. The Labute approximate surface area is 291 Å². The number of hydrogen-bond donors (Lipinski definition) is 0. The van der Waals surface area contributed by atoms with Crippen LogP contribution in [0.3, 0.4) is 0 Å². The summed E-state index contributed by atoms with van der Waals surface area (Å²) in [5.41, 5.74) is 7.25. The van der Waals surface area contributed by atoms with E-state index in [0.717, 1.165) is 5.69 Å². The Morgan fingerprint density at radius 2 is 0.958 bits per heavy atom. The van der Waals surface area contributed by atoms with E-state index in [2.05, 4.69) is 168 Å². The Balaban J connectivity index is 1.22. The van der Waals surface area contributed by atoms with E-state index in [0.29, 0.717) is 0 Å². The second-order valence-electron chi connectivity index (χ2n) is 12.1. The van der Waals surface area contributed by atoms with Gasteiger partial charge >= 0.3 is 0 Å². The first kappa shape index (κ1) is 27.9. The Hall–Kier alpha value is -5.13. The number of anilines is 3. The standard InChI is InChI=1S/C44H27NS3/c1-2-12-34-32(10-1)33-11-3-4-13-35(33)37-27-28(19-20-36(34)37)29-24-30(40-21-22-44(47-40)43-18-9-23-46-43)26-31(25-29)45-38-14-5-7-16-41(38)48-42-17-8-6-15-39(42)45/h1-27H. The van der Waals surface area contributed by atoms with Gasteiger partial charge in [-0.1, -0.05) is 103 Å². The predicted octanol–water partition coefficient (Wildman–Crippen LogP) is 14.2. The van der Waals surface area contributed by atoms with E-state index in [1.807, 2.05) is 23.1 Å². The molecule has 1 nitrogen and oxygen atoms in total. The lowest BCUT2D eigenvalue weighted by Crippen LogP contribution is -2.14. The Morgan fingerprint density at radius 1 is 0.375 bits per heavy atom. The smallest absolute Gasteiger partial charge is 0.0601 e. The first-order chi connectivity index (χ1) is 23.8. The lowest BCUT2D eigenvalue weighted by atomic mass is 9.91. The molecule has 10 rings (SSSR count). The highest BCUT2D eigenvalue weighted by Gasteiger charge is 2.25. The van der Waals surface area contributed by atoms with Gasteiger partial charge in [0.05, 0.1) is 11.4 Å². The van der Waals surface area contributed by atoms with E-state index in [4.69, 9.17) is 0 Å². The van der Waals surface area contributed by atoms with Crippen molar-refractivity contribution in [1.29, 1.82) is 0 Å². The summed E-state index contributed by atoms with van der Waals surface area (Å²) in [6.07, 6.45) is 0. The molecule has 0 aliphatic carbocycles. The molecule has 0 radical (unpaired) electrons. The number of benzene rings is 7. The van der Waals surface area contributed by atoms with Gasteiger partial charge in [0.15, 0.2) is 0 Å². The van der Waals surface area contributed by atoms with Crippen LogP contribution < -0.4 is 4.90 Å².